The fourth-order valence-corrected chi connectivity index (χ4v) is 0.518. The topological polar surface area (TPSA) is 38.7 Å². The molecule has 0 spiro atoms. The van der Waals surface area contributed by atoms with Crippen LogP contribution in [0.4, 0.5) is 22.0 Å². The zero-order valence-corrected chi connectivity index (χ0v) is 5.81. The maximum absolute atomic E-state index is 12.4. The lowest BCUT2D eigenvalue weighted by Crippen LogP contribution is -2.34. The molecule has 0 aromatic carbocycles. The van der Waals surface area contributed by atoms with Crippen LogP contribution < -0.4 is 0 Å². The molecule has 1 aromatic rings. The number of rotatable bonds is 1. The quantitative estimate of drug-likeness (QED) is 0.639. The van der Waals surface area contributed by atoms with E-state index in [2.05, 4.69) is 15.4 Å². The third kappa shape index (κ3) is 1.70. The van der Waals surface area contributed by atoms with Gasteiger partial charge in [0.15, 0.2) is 0 Å². The van der Waals surface area contributed by atoms with Crippen molar-refractivity contribution in [2.24, 2.45) is 0 Å². The summed E-state index contributed by atoms with van der Waals surface area (Å²) in [5, 5.41) is 8.28. The lowest BCUT2D eigenvalue weighted by atomic mass is 10.2. The van der Waals surface area contributed by atoms with Crippen LogP contribution in [0.3, 0.4) is 0 Å². The van der Waals surface area contributed by atoms with Crippen LogP contribution >= 0.6 is 0 Å². The van der Waals surface area contributed by atoms with E-state index in [-0.39, 0.29) is 6.20 Å². The predicted molar refractivity (Wildman–Crippen MR) is 28.6 cm³/mol. The minimum atomic E-state index is -5.67. The van der Waals surface area contributed by atoms with Crippen molar-refractivity contribution >= 4 is 0 Å². The molecule has 8 heteroatoms. The highest BCUT2D eigenvalue weighted by molar-refractivity contribution is 5.10. The second-order valence-electron chi connectivity index (χ2n) is 2.03. The molecule has 1 rings (SSSR count). The molecule has 0 saturated carbocycles. The van der Waals surface area contributed by atoms with Crippen molar-refractivity contribution in [1.29, 1.82) is 0 Å². The lowest BCUT2D eigenvalue weighted by molar-refractivity contribution is -0.289. The van der Waals surface area contributed by atoms with Gasteiger partial charge < -0.3 is 0 Å². The van der Waals surface area contributed by atoms with Gasteiger partial charge in [0.25, 0.3) is 0 Å². The van der Waals surface area contributed by atoms with Gasteiger partial charge in [0.2, 0.25) is 0 Å². The highest BCUT2D eigenvalue weighted by Gasteiger charge is 2.59. The largest absolute Gasteiger partial charge is 0.458 e. The molecule has 1 aromatic heterocycles. The van der Waals surface area contributed by atoms with E-state index in [1.54, 1.807) is 0 Å². The van der Waals surface area contributed by atoms with Crippen molar-refractivity contribution in [3.8, 4) is 0 Å². The Bertz CT molecular complexity index is 282. The summed E-state index contributed by atoms with van der Waals surface area (Å²) in [5.41, 5.74) is -1.45. The van der Waals surface area contributed by atoms with E-state index in [0.717, 1.165) is 0 Å². The second-order valence-corrected chi connectivity index (χ2v) is 2.03. The summed E-state index contributed by atoms with van der Waals surface area (Å²) >= 11 is 0. The molecule has 3 nitrogen and oxygen atoms in total. The van der Waals surface area contributed by atoms with Gasteiger partial charge in [-0.05, 0) is 5.21 Å². The van der Waals surface area contributed by atoms with Crippen LogP contribution in [0, 0.1) is 6.20 Å². The SMILES string of the molecule is FC(F)(F)C(F)(F)c1[c]nnnc1. The Morgan fingerprint density at radius 3 is 2.15 bits per heavy atom. The average molecular weight is 198 g/mol. The first-order chi connectivity index (χ1) is 5.86. The molecule has 0 fully saturated rings. The smallest absolute Gasteiger partial charge is 0.191 e. The highest BCUT2D eigenvalue weighted by Crippen LogP contribution is 2.42. The van der Waals surface area contributed by atoms with Gasteiger partial charge in [0, 0.05) is 0 Å². The maximum Gasteiger partial charge on any atom is 0.458 e. The van der Waals surface area contributed by atoms with Crippen LogP contribution in [0.15, 0.2) is 6.20 Å². The van der Waals surface area contributed by atoms with Gasteiger partial charge in [-0.2, -0.15) is 22.0 Å². The van der Waals surface area contributed by atoms with Crippen molar-refractivity contribution in [2.45, 2.75) is 12.1 Å². The first kappa shape index (κ1) is 9.75. The molecule has 0 aliphatic carbocycles. The summed E-state index contributed by atoms with van der Waals surface area (Å²) in [7, 11) is 0. The number of aromatic nitrogens is 3. The third-order valence-corrected chi connectivity index (χ3v) is 1.15. The second kappa shape index (κ2) is 2.86. The Hall–Kier alpha value is -1.34. The molecule has 0 saturated heterocycles. The normalized spacial score (nSPS) is 13.0. The van der Waals surface area contributed by atoms with E-state index in [1.165, 1.54) is 6.20 Å². The summed E-state index contributed by atoms with van der Waals surface area (Å²) < 4.78 is 59.8. The van der Waals surface area contributed by atoms with E-state index < -0.39 is 17.7 Å². The molecular formula is C5HF5N3. The van der Waals surface area contributed by atoms with E-state index in [1.807, 2.05) is 0 Å². The van der Waals surface area contributed by atoms with Crippen LogP contribution in [-0.2, 0) is 5.92 Å². The summed E-state index contributed by atoms with van der Waals surface area (Å²) in [6.45, 7) is 0. The molecule has 0 aliphatic rings. The molecule has 0 atom stereocenters. The molecule has 0 aliphatic heterocycles. The van der Waals surface area contributed by atoms with Crippen LogP contribution in [-0.4, -0.2) is 21.6 Å². The van der Waals surface area contributed by atoms with Crippen molar-refractivity contribution < 1.29 is 22.0 Å². The summed E-state index contributed by atoms with van der Waals surface area (Å²) in [4.78, 5) is 0. The van der Waals surface area contributed by atoms with Crippen LogP contribution in [0.5, 0.6) is 0 Å². The van der Waals surface area contributed by atoms with Gasteiger partial charge >= 0.3 is 12.1 Å². The van der Waals surface area contributed by atoms with Crippen molar-refractivity contribution in [3.63, 3.8) is 0 Å². The van der Waals surface area contributed by atoms with E-state index >= 15 is 0 Å². The summed E-state index contributed by atoms with van der Waals surface area (Å²) in [6, 6.07) is 0. The fraction of sp³-hybridized carbons (Fsp3) is 0.400. The van der Waals surface area contributed by atoms with E-state index in [0.29, 0.717) is 0 Å². The highest BCUT2D eigenvalue weighted by atomic mass is 19.4. The number of nitrogens with zero attached hydrogens (tertiary/aromatic N) is 3. The predicted octanol–water partition coefficient (Wildman–Crippen LogP) is 1.33. The van der Waals surface area contributed by atoms with Crippen molar-refractivity contribution in [1.82, 2.24) is 15.4 Å². The molecular weight excluding hydrogens is 197 g/mol. The Morgan fingerprint density at radius 1 is 1.15 bits per heavy atom. The maximum atomic E-state index is 12.4. The number of hydrogen-bond acceptors (Lipinski definition) is 3. The average Bonchev–Trinajstić information content (AvgIpc) is 2.04. The minimum absolute atomic E-state index is 0.264. The molecule has 0 bridgehead atoms. The minimum Gasteiger partial charge on any atom is -0.191 e. The molecule has 0 amide bonds. The number of hydrogen-bond donors (Lipinski definition) is 0. The Kier molecular flexibility index (Phi) is 2.14. The van der Waals surface area contributed by atoms with Gasteiger partial charge in [-0.1, -0.05) is 0 Å². The Morgan fingerprint density at radius 2 is 1.77 bits per heavy atom. The summed E-state index contributed by atoms with van der Waals surface area (Å²) in [5.74, 6) is -4.99. The fourth-order valence-electron chi connectivity index (χ4n) is 0.518. The van der Waals surface area contributed by atoms with Crippen molar-refractivity contribution in [3.05, 3.63) is 18.0 Å². The Balaban J connectivity index is 3.08. The van der Waals surface area contributed by atoms with Gasteiger partial charge in [-0.15, -0.1) is 10.2 Å². The number of halogens is 5. The third-order valence-electron chi connectivity index (χ3n) is 1.15. The van der Waals surface area contributed by atoms with Gasteiger partial charge in [-0.25, -0.2) is 0 Å². The molecule has 71 valence electrons. The molecule has 0 N–H and O–H groups in total. The van der Waals surface area contributed by atoms with Crippen molar-refractivity contribution in [2.75, 3.05) is 0 Å². The standard InChI is InChI=1S/C5HF5N3/c6-4(7,5(8,9)10)3-1-11-13-12-2-3/h1H. The number of alkyl halides is 5. The van der Waals surface area contributed by atoms with E-state index in [4.69, 9.17) is 0 Å². The summed E-state index contributed by atoms with van der Waals surface area (Å²) in [6.07, 6.45) is -3.99. The lowest BCUT2D eigenvalue weighted by Gasteiger charge is -2.17. The first-order valence-electron chi connectivity index (χ1n) is 2.87. The zero-order chi connectivity index (χ0) is 10.1. The molecule has 0 unspecified atom stereocenters. The molecule has 13 heavy (non-hydrogen) atoms. The monoisotopic (exact) mass is 198 g/mol. The first-order valence-corrected chi connectivity index (χ1v) is 2.87. The van der Waals surface area contributed by atoms with Gasteiger partial charge in [-0.3, -0.25) is 0 Å². The van der Waals surface area contributed by atoms with E-state index in [9.17, 15) is 22.0 Å². The van der Waals surface area contributed by atoms with Crippen LogP contribution in [0.2, 0.25) is 0 Å². The van der Waals surface area contributed by atoms with Gasteiger partial charge in [0.05, 0.1) is 11.8 Å². The van der Waals surface area contributed by atoms with Gasteiger partial charge in [0.1, 0.15) is 6.20 Å². The van der Waals surface area contributed by atoms with Crippen LogP contribution in [0.1, 0.15) is 5.56 Å². The zero-order valence-electron chi connectivity index (χ0n) is 5.81. The van der Waals surface area contributed by atoms with Crippen LogP contribution in [0.25, 0.3) is 0 Å². The molecule has 1 radical (unpaired) electrons. The molecule has 1 heterocycles. The Labute approximate surface area is 68.6 Å².